The summed E-state index contributed by atoms with van der Waals surface area (Å²) in [5, 5.41) is 3.66. The molecule has 0 aliphatic carbocycles. The molecule has 0 unspecified atom stereocenters. The number of anilines is 2. The van der Waals surface area contributed by atoms with Gasteiger partial charge in [0.05, 0.1) is 7.11 Å². The second kappa shape index (κ2) is 5.77. The van der Waals surface area contributed by atoms with Crippen molar-refractivity contribution >= 4 is 27.9 Å². The summed E-state index contributed by atoms with van der Waals surface area (Å²) in [4.78, 5) is 14.3. The van der Waals surface area contributed by atoms with Crippen LogP contribution >= 0.6 is 11.3 Å². The number of rotatable bonds is 5. The maximum atomic E-state index is 11.9. The smallest absolute Gasteiger partial charge is 0.263 e. The third-order valence-corrected chi connectivity index (χ3v) is 3.59. The topological polar surface area (TPSA) is 67.6 Å². The van der Waals surface area contributed by atoms with Crippen LogP contribution in [0.25, 0.3) is 0 Å². The Labute approximate surface area is 106 Å². The number of hydrogen-bond acceptors (Lipinski definition) is 5. The number of carbonyl (C=O) groups excluding carboxylic acids is 1. The maximum absolute atomic E-state index is 11.9. The number of nitrogens with one attached hydrogen (secondary N) is 1. The summed E-state index contributed by atoms with van der Waals surface area (Å²) >= 11 is 1.34. The van der Waals surface area contributed by atoms with E-state index in [0.717, 1.165) is 11.4 Å². The Kier molecular flexibility index (Phi) is 4.62. The quantitative estimate of drug-likeness (QED) is 0.839. The van der Waals surface area contributed by atoms with E-state index < -0.39 is 0 Å². The van der Waals surface area contributed by atoms with E-state index in [1.807, 2.05) is 25.9 Å². The predicted octanol–water partition coefficient (Wildman–Crippen LogP) is 1.54. The van der Waals surface area contributed by atoms with E-state index in [0.29, 0.717) is 22.9 Å². The summed E-state index contributed by atoms with van der Waals surface area (Å²) in [6.45, 7) is 2.65. The second-order valence-electron chi connectivity index (χ2n) is 3.83. The molecular weight excluding hydrogens is 238 g/mol. The van der Waals surface area contributed by atoms with Crippen molar-refractivity contribution < 1.29 is 9.53 Å². The van der Waals surface area contributed by atoms with Gasteiger partial charge in [-0.2, -0.15) is 0 Å². The molecule has 1 aromatic heterocycles. The summed E-state index contributed by atoms with van der Waals surface area (Å²) in [7, 11) is 5.34. The van der Waals surface area contributed by atoms with Crippen LogP contribution in [-0.2, 0) is 0 Å². The number of hydrogen-bond donors (Lipinski definition) is 2. The Morgan fingerprint density at radius 2 is 2.18 bits per heavy atom. The van der Waals surface area contributed by atoms with E-state index in [4.69, 9.17) is 10.5 Å². The van der Waals surface area contributed by atoms with Crippen LogP contribution in [0.2, 0.25) is 0 Å². The minimum Gasteiger partial charge on any atom is -0.492 e. The lowest BCUT2D eigenvalue weighted by atomic mass is 10.3. The largest absolute Gasteiger partial charge is 0.492 e. The van der Waals surface area contributed by atoms with Gasteiger partial charge in [0.2, 0.25) is 0 Å². The highest BCUT2D eigenvalue weighted by atomic mass is 32.1. The highest BCUT2D eigenvalue weighted by Crippen LogP contribution is 2.43. The third-order valence-electron chi connectivity index (χ3n) is 2.23. The molecule has 96 valence electrons. The van der Waals surface area contributed by atoms with Gasteiger partial charge in [-0.25, -0.2) is 0 Å². The molecule has 0 aliphatic rings. The second-order valence-corrected chi connectivity index (χ2v) is 4.83. The zero-order valence-electron chi connectivity index (χ0n) is 10.7. The van der Waals surface area contributed by atoms with Crippen molar-refractivity contribution in [1.82, 2.24) is 5.32 Å². The molecule has 1 rings (SSSR count). The molecule has 0 saturated carbocycles. The number of methoxy groups -OCH3 is 1. The summed E-state index contributed by atoms with van der Waals surface area (Å²) in [6, 6.07) is 0. The monoisotopic (exact) mass is 257 g/mol. The summed E-state index contributed by atoms with van der Waals surface area (Å²) in [5.41, 5.74) is 6.33. The molecule has 0 saturated heterocycles. The first-order valence-electron chi connectivity index (χ1n) is 5.44. The molecule has 0 aliphatic heterocycles. The van der Waals surface area contributed by atoms with E-state index >= 15 is 0 Å². The van der Waals surface area contributed by atoms with Gasteiger partial charge in [0.25, 0.3) is 5.91 Å². The number of ether oxygens (including phenoxy) is 1. The number of nitrogen functional groups attached to an aromatic ring is 1. The van der Waals surface area contributed by atoms with Gasteiger partial charge in [0.1, 0.15) is 15.6 Å². The van der Waals surface area contributed by atoms with Crippen molar-refractivity contribution in [3.8, 4) is 5.75 Å². The van der Waals surface area contributed by atoms with Crippen molar-refractivity contribution in [2.75, 3.05) is 38.4 Å². The van der Waals surface area contributed by atoms with Crippen LogP contribution in [0, 0.1) is 0 Å². The lowest BCUT2D eigenvalue weighted by Crippen LogP contribution is -2.23. The van der Waals surface area contributed by atoms with Gasteiger partial charge in [-0.3, -0.25) is 4.79 Å². The van der Waals surface area contributed by atoms with E-state index in [1.165, 1.54) is 11.3 Å². The molecule has 1 amide bonds. The van der Waals surface area contributed by atoms with Crippen LogP contribution in [-0.4, -0.2) is 33.7 Å². The Bertz CT molecular complexity index is 402. The molecule has 0 radical (unpaired) electrons. The number of carbonyl (C=O) groups is 1. The van der Waals surface area contributed by atoms with Gasteiger partial charge in [-0.05, 0) is 6.42 Å². The molecule has 5 nitrogen and oxygen atoms in total. The van der Waals surface area contributed by atoms with Gasteiger partial charge >= 0.3 is 0 Å². The van der Waals surface area contributed by atoms with Crippen molar-refractivity contribution in [1.29, 1.82) is 0 Å². The first kappa shape index (κ1) is 13.6. The molecule has 17 heavy (non-hydrogen) atoms. The highest BCUT2D eigenvalue weighted by molar-refractivity contribution is 7.19. The number of amides is 1. The van der Waals surface area contributed by atoms with E-state index in [-0.39, 0.29) is 5.91 Å². The van der Waals surface area contributed by atoms with Crippen molar-refractivity contribution in [3.05, 3.63) is 4.88 Å². The molecule has 0 spiro atoms. The summed E-state index contributed by atoms with van der Waals surface area (Å²) < 4.78 is 5.24. The SMILES string of the molecule is CCCNC(=O)c1sc(N(C)C)c(OC)c1N. The number of thiophene rings is 1. The van der Waals surface area contributed by atoms with Crippen molar-refractivity contribution in [3.63, 3.8) is 0 Å². The maximum Gasteiger partial charge on any atom is 0.263 e. The molecule has 6 heteroatoms. The zero-order chi connectivity index (χ0) is 13.0. The van der Waals surface area contributed by atoms with Crippen molar-refractivity contribution in [2.45, 2.75) is 13.3 Å². The van der Waals surface area contributed by atoms with Gasteiger partial charge in [-0.1, -0.05) is 6.92 Å². The Morgan fingerprint density at radius 1 is 1.53 bits per heavy atom. The van der Waals surface area contributed by atoms with E-state index in [1.54, 1.807) is 7.11 Å². The fourth-order valence-electron chi connectivity index (χ4n) is 1.40. The van der Waals surface area contributed by atoms with E-state index in [2.05, 4.69) is 5.32 Å². The fraction of sp³-hybridized carbons (Fsp3) is 0.545. The predicted molar refractivity (Wildman–Crippen MR) is 72.2 cm³/mol. The molecular formula is C11H19N3O2S. The minimum absolute atomic E-state index is 0.138. The zero-order valence-corrected chi connectivity index (χ0v) is 11.5. The first-order valence-corrected chi connectivity index (χ1v) is 6.26. The van der Waals surface area contributed by atoms with Crippen LogP contribution < -0.4 is 20.7 Å². The molecule has 3 N–H and O–H groups in total. The Hall–Kier alpha value is -1.43. The van der Waals surface area contributed by atoms with Crippen LogP contribution in [0.3, 0.4) is 0 Å². The highest BCUT2D eigenvalue weighted by Gasteiger charge is 2.22. The molecule has 0 aromatic carbocycles. The minimum atomic E-state index is -0.138. The number of nitrogens with two attached hydrogens (primary N) is 1. The van der Waals surface area contributed by atoms with Gasteiger partial charge in [0.15, 0.2) is 5.75 Å². The summed E-state index contributed by atoms with van der Waals surface area (Å²) in [5.74, 6) is 0.433. The average molecular weight is 257 g/mol. The lowest BCUT2D eigenvalue weighted by molar-refractivity contribution is 0.0958. The van der Waals surface area contributed by atoms with Gasteiger partial charge < -0.3 is 20.7 Å². The molecule has 1 heterocycles. The molecule has 1 aromatic rings. The molecule has 0 atom stereocenters. The normalized spacial score (nSPS) is 10.1. The standard InChI is InChI=1S/C11H19N3O2S/c1-5-6-13-10(15)9-7(12)8(16-4)11(17-9)14(2)3/h5-6,12H2,1-4H3,(H,13,15). The van der Waals surface area contributed by atoms with E-state index in [9.17, 15) is 4.79 Å². The number of nitrogens with zero attached hydrogens (tertiary/aromatic N) is 1. The molecule has 0 fully saturated rings. The van der Waals surface area contributed by atoms with Crippen LogP contribution in [0.5, 0.6) is 5.75 Å². The molecule has 0 bridgehead atoms. The summed E-state index contributed by atoms with van der Waals surface area (Å²) in [6.07, 6.45) is 0.898. The fourth-order valence-corrected chi connectivity index (χ4v) is 2.42. The average Bonchev–Trinajstić information content (AvgIpc) is 2.63. The Balaban J connectivity index is 3.05. The van der Waals surface area contributed by atoms with Crippen molar-refractivity contribution in [2.24, 2.45) is 0 Å². The lowest BCUT2D eigenvalue weighted by Gasteiger charge is -2.11. The van der Waals surface area contributed by atoms with Crippen LogP contribution in [0.1, 0.15) is 23.0 Å². The van der Waals surface area contributed by atoms with Gasteiger partial charge in [-0.15, -0.1) is 11.3 Å². The van der Waals surface area contributed by atoms with Crippen LogP contribution in [0.15, 0.2) is 0 Å². The Morgan fingerprint density at radius 3 is 2.59 bits per heavy atom. The third kappa shape index (κ3) is 2.82. The van der Waals surface area contributed by atoms with Crippen LogP contribution in [0.4, 0.5) is 10.7 Å². The first-order chi connectivity index (χ1) is 8.02. The van der Waals surface area contributed by atoms with Gasteiger partial charge in [0, 0.05) is 20.6 Å².